The molecule has 0 saturated heterocycles. The van der Waals surface area contributed by atoms with Crippen LogP contribution in [0.15, 0.2) is 134 Å². The standard InChI is InChI=1S/C74H122O6/c1-4-7-10-13-16-19-22-25-28-30-31-32-33-34-35-36-37-38-39-40-41-42-43-44-47-49-52-55-58-61-64-67-73(76)79-70-71(69-78-72(75)66-63-60-57-54-51-48-45-27-24-21-18-15-12-9-6-3)80-74(77)68-65-62-59-56-53-50-46-29-26-23-20-17-14-11-8-5-2/h7,10,16,19-20,23,25,27-29,31-32,34-35,37-38,40-41,43-46,71H,4-6,8-9,11-15,17-18,21-22,24,26,30,33,36,39,42,47-70H2,1-3H3/b10-7-,19-16-,23-20-,28-25-,32-31-,35-34-,38-37-,41-40-,44-43-,45-27-,46-29-. The summed E-state index contributed by atoms with van der Waals surface area (Å²) in [5, 5.41) is 0. The molecule has 6 heteroatoms. The van der Waals surface area contributed by atoms with Gasteiger partial charge in [0.25, 0.3) is 0 Å². The average molecular weight is 1110 g/mol. The first-order valence-electron chi connectivity index (χ1n) is 33.2. The molecule has 1 unspecified atom stereocenters. The normalized spacial score (nSPS) is 13.0. The second-order valence-corrected chi connectivity index (χ2v) is 21.6. The first kappa shape index (κ1) is 75.5. The third-order valence-corrected chi connectivity index (χ3v) is 13.9. The molecule has 0 saturated carbocycles. The van der Waals surface area contributed by atoms with Crippen LogP contribution in [0.5, 0.6) is 0 Å². The Bertz CT molecular complexity index is 1700. The highest BCUT2D eigenvalue weighted by Crippen LogP contribution is 2.15. The number of rotatable bonds is 59. The number of hydrogen-bond acceptors (Lipinski definition) is 6. The van der Waals surface area contributed by atoms with Crippen molar-refractivity contribution in [3.63, 3.8) is 0 Å². The molecule has 0 radical (unpaired) electrons. The molecule has 0 fully saturated rings. The van der Waals surface area contributed by atoms with E-state index >= 15 is 0 Å². The van der Waals surface area contributed by atoms with Gasteiger partial charge in [0.1, 0.15) is 13.2 Å². The van der Waals surface area contributed by atoms with E-state index in [2.05, 4.69) is 154 Å². The van der Waals surface area contributed by atoms with E-state index in [4.69, 9.17) is 14.2 Å². The molecule has 0 aliphatic heterocycles. The van der Waals surface area contributed by atoms with Gasteiger partial charge in [0.15, 0.2) is 6.10 Å². The largest absolute Gasteiger partial charge is 0.462 e. The maximum atomic E-state index is 12.9. The summed E-state index contributed by atoms with van der Waals surface area (Å²) in [5.74, 6) is -0.928. The van der Waals surface area contributed by atoms with Gasteiger partial charge in [0, 0.05) is 19.3 Å². The van der Waals surface area contributed by atoms with E-state index in [1.807, 2.05) is 0 Å². The van der Waals surface area contributed by atoms with Crippen molar-refractivity contribution in [3.05, 3.63) is 134 Å². The van der Waals surface area contributed by atoms with Gasteiger partial charge >= 0.3 is 17.9 Å². The van der Waals surface area contributed by atoms with Crippen molar-refractivity contribution in [2.24, 2.45) is 0 Å². The molecule has 0 aliphatic carbocycles. The Morgan fingerprint density at radius 3 is 0.787 bits per heavy atom. The van der Waals surface area contributed by atoms with Crippen LogP contribution in [0.1, 0.15) is 297 Å². The number of ether oxygens (including phenoxy) is 3. The number of allylic oxidation sites excluding steroid dienone is 22. The molecule has 6 nitrogen and oxygen atoms in total. The maximum absolute atomic E-state index is 12.9. The molecule has 0 aromatic rings. The van der Waals surface area contributed by atoms with Gasteiger partial charge < -0.3 is 14.2 Å². The zero-order valence-corrected chi connectivity index (χ0v) is 52.0. The van der Waals surface area contributed by atoms with E-state index in [-0.39, 0.29) is 31.1 Å². The third kappa shape index (κ3) is 64.4. The van der Waals surface area contributed by atoms with Crippen molar-refractivity contribution in [2.75, 3.05) is 13.2 Å². The first-order chi connectivity index (χ1) is 39.5. The molecule has 0 rings (SSSR count). The lowest BCUT2D eigenvalue weighted by Crippen LogP contribution is -2.30. The monoisotopic (exact) mass is 1110 g/mol. The highest BCUT2D eigenvalue weighted by atomic mass is 16.6. The van der Waals surface area contributed by atoms with Crippen LogP contribution in [0.25, 0.3) is 0 Å². The molecule has 1 atom stereocenters. The summed E-state index contributed by atoms with van der Waals surface area (Å²) in [6.07, 6.45) is 94.5. The zero-order chi connectivity index (χ0) is 57.8. The zero-order valence-electron chi connectivity index (χ0n) is 52.0. The van der Waals surface area contributed by atoms with Crippen molar-refractivity contribution < 1.29 is 28.6 Å². The summed E-state index contributed by atoms with van der Waals surface area (Å²) in [5.41, 5.74) is 0. The van der Waals surface area contributed by atoms with Gasteiger partial charge in [-0.2, -0.15) is 0 Å². The van der Waals surface area contributed by atoms with Crippen molar-refractivity contribution in [2.45, 2.75) is 303 Å². The number of unbranched alkanes of at least 4 members (excludes halogenated alkanes) is 26. The van der Waals surface area contributed by atoms with Crippen LogP contribution in [0.3, 0.4) is 0 Å². The molecule has 0 spiro atoms. The first-order valence-corrected chi connectivity index (χ1v) is 33.2. The van der Waals surface area contributed by atoms with Crippen LogP contribution in [-0.4, -0.2) is 37.2 Å². The van der Waals surface area contributed by atoms with E-state index in [1.54, 1.807) is 0 Å². The lowest BCUT2D eigenvalue weighted by molar-refractivity contribution is -0.167. The molecule has 0 bridgehead atoms. The van der Waals surface area contributed by atoms with Crippen LogP contribution < -0.4 is 0 Å². The van der Waals surface area contributed by atoms with Crippen LogP contribution in [0, 0.1) is 0 Å². The molecule has 0 aromatic heterocycles. The number of esters is 3. The Labute approximate surface area is 494 Å². The van der Waals surface area contributed by atoms with Crippen molar-refractivity contribution in [1.82, 2.24) is 0 Å². The number of carbonyl (C=O) groups excluding carboxylic acids is 3. The second kappa shape index (κ2) is 67.1. The van der Waals surface area contributed by atoms with Crippen LogP contribution in [0.2, 0.25) is 0 Å². The van der Waals surface area contributed by atoms with Gasteiger partial charge in [0.2, 0.25) is 0 Å². The summed E-state index contributed by atoms with van der Waals surface area (Å²) in [4.78, 5) is 38.3. The average Bonchev–Trinajstić information content (AvgIpc) is 3.46. The fraction of sp³-hybridized carbons (Fsp3) is 0.662. The molecule has 454 valence electrons. The lowest BCUT2D eigenvalue weighted by Gasteiger charge is -2.18. The minimum atomic E-state index is -0.800. The Balaban J connectivity index is 4.37. The third-order valence-electron chi connectivity index (χ3n) is 13.9. The molecule has 0 amide bonds. The van der Waals surface area contributed by atoms with E-state index in [9.17, 15) is 14.4 Å². The Hall–Kier alpha value is -4.45. The molecule has 0 aromatic carbocycles. The molecule has 0 heterocycles. The topological polar surface area (TPSA) is 78.9 Å². The minimum absolute atomic E-state index is 0.0951. The second-order valence-electron chi connectivity index (χ2n) is 21.6. The number of hydrogen-bond donors (Lipinski definition) is 0. The van der Waals surface area contributed by atoms with Gasteiger partial charge in [-0.15, -0.1) is 0 Å². The summed E-state index contributed by atoms with van der Waals surface area (Å²) < 4.78 is 16.9. The van der Waals surface area contributed by atoms with Gasteiger partial charge in [-0.05, 0) is 141 Å². The summed E-state index contributed by atoms with van der Waals surface area (Å²) in [6.45, 7) is 6.48. The maximum Gasteiger partial charge on any atom is 0.306 e. The van der Waals surface area contributed by atoms with Crippen LogP contribution >= 0.6 is 0 Å². The van der Waals surface area contributed by atoms with Crippen LogP contribution in [-0.2, 0) is 28.6 Å². The predicted octanol–water partition coefficient (Wildman–Crippen LogP) is 22.9. The highest BCUT2D eigenvalue weighted by Gasteiger charge is 2.19. The Morgan fingerprint density at radius 1 is 0.263 bits per heavy atom. The van der Waals surface area contributed by atoms with Gasteiger partial charge in [-0.1, -0.05) is 270 Å². The smallest absolute Gasteiger partial charge is 0.306 e. The van der Waals surface area contributed by atoms with E-state index in [0.29, 0.717) is 19.3 Å². The summed E-state index contributed by atoms with van der Waals surface area (Å²) in [6, 6.07) is 0. The molecular formula is C74H122O6. The van der Waals surface area contributed by atoms with E-state index < -0.39 is 6.10 Å². The highest BCUT2D eigenvalue weighted by molar-refractivity contribution is 5.71. The predicted molar refractivity (Wildman–Crippen MR) is 348 cm³/mol. The molecule has 0 N–H and O–H groups in total. The molecule has 80 heavy (non-hydrogen) atoms. The van der Waals surface area contributed by atoms with Gasteiger partial charge in [-0.25, -0.2) is 0 Å². The fourth-order valence-electron chi connectivity index (χ4n) is 8.89. The molecular weight excluding hydrogens is 985 g/mol. The quantitative estimate of drug-likeness (QED) is 0.0261. The van der Waals surface area contributed by atoms with Crippen molar-refractivity contribution >= 4 is 17.9 Å². The van der Waals surface area contributed by atoms with Crippen molar-refractivity contribution in [3.8, 4) is 0 Å². The summed E-state index contributed by atoms with van der Waals surface area (Å²) >= 11 is 0. The Kier molecular flexibility index (Phi) is 63.3. The van der Waals surface area contributed by atoms with E-state index in [1.165, 1.54) is 103 Å². The van der Waals surface area contributed by atoms with Gasteiger partial charge in [-0.3, -0.25) is 14.4 Å². The Morgan fingerprint density at radius 2 is 0.487 bits per heavy atom. The summed E-state index contributed by atoms with van der Waals surface area (Å²) in [7, 11) is 0. The minimum Gasteiger partial charge on any atom is -0.462 e. The van der Waals surface area contributed by atoms with Crippen molar-refractivity contribution in [1.29, 1.82) is 0 Å². The SMILES string of the molecule is CC/C=C\C/C=C\C/C=C\C/C=C\C/C=C\C/C=C\C/C=C\C/C=C\CCCCCCCCC(=O)OCC(COC(=O)CCCCCCC/C=C\CCCCCCCC)OC(=O)CCCCCCC/C=C\C/C=C\CCCCCC. The molecule has 0 aliphatic rings. The van der Waals surface area contributed by atoms with Gasteiger partial charge in [0.05, 0.1) is 0 Å². The number of carbonyl (C=O) groups is 3. The van der Waals surface area contributed by atoms with Crippen LogP contribution in [0.4, 0.5) is 0 Å². The lowest BCUT2D eigenvalue weighted by atomic mass is 10.1. The fourth-order valence-corrected chi connectivity index (χ4v) is 8.89. The van der Waals surface area contributed by atoms with E-state index in [0.717, 1.165) is 154 Å².